The van der Waals surface area contributed by atoms with Crippen LogP contribution in [0.5, 0.6) is 0 Å². The molecule has 23 heavy (non-hydrogen) atoms. The lowest BCUT2D eigenvalue weighted by Gasteiger charge is -2.22. The van der Waals surface area contributed by atoms with Gasteiger partial charge in [-0.3, -0.25) is 0 Å². The van der Waals surface area contributed by atoms with Crippen LogP contribution in [0.15, 0.2) is 42.5 Å². The van der Waals surface area contributed by atoms with Crippen LogP contribution in [0.2, 0.25) is 0 Å². The third-order valence-corrected chi connectivity index (χ3v) is 4.51. The summed E-state index contributed by atoms with van der Waals surface area (Å²) in [6.45, 7) is 9.79. The van der Waals surface area contributed by atoms with Crippen LogP contribution in [0.3, 0.4) is 0 Å². The van der Waals surface area contributed by atoms with Gasteiger partial charge in [-0.2, -0.15) is 0 Å². The van der Waals surface area contributed by atoms with Crippen molar-refractivity contribution in [3.05, 3.63) is 64.7 Å². The number of rotatable bonds is 7. The molecule has 2 heteroatoms. The van der Waals surface area contributed by atoms with Gasteiger partial charge < -0.3 is 11.1 Å². The van der Waals surface area contributed by atoms with Crippen molar-refractivity contribution in [2.75, 3.05) is 11.9 Å². The summed E-state index contributed by atoms with van der Waals surface area (Å²) in [4.78, 5) is 0. The first-order chi connectivity index (χ1) is 11.0. The maximum atomic E-state index is 6.51. The predicted octanol–water partition coefficient (Wildman–Crippen LogP) is 5.14. The minimum Gasteiger partial charge on any atom is -0.385 e. The lowest BCUT2D eigenvalue weighted by Crippen LogP contribution is -2.18. The van der Waals surface area contributed by atoms with Crippen molar-refractivity contribution in [1.82, 2.24) is 0 Å². The molecular weight excluding hydrogens is 280 g/mol. The van der Waals surface area contributed by atoms with E-state index in [-0.39, 0.29) is 6.04 Å². The van der Waals surface area contributed by atoms with Crippen LogP contribution in [0, 0.1) is 26.7 Å². The molecule has 0 aliphatic heterocycles. The Bertz CT molecular complexity index is 596. The van der Waals surface area contributed by atoms with Crippen molar-refractivity contribution in [3.8, 4) is 0 Å². The fourth-order valence-electron chi connectivity index (χ4n) is 3.46. The van der Waals surface area contributed by atoms with Crippen molar-refractivity contribution in [1.29, 1.82) is 0 Å². The lowest BCUT2D eigenvalue weighted by molar-refractivity contribution is 0.452. The maximum Gasteiger partial charge on any atom is 0.0340 e. The highest BCUT2D eigenvalue weighted by Gasteiger charge is 2.15. The van der Waals surface area contributed by atoms with Crippen molar-refractivity contribution < 1.29 is 0 Å². The normalized spacial score (nSPS) is 13.6. The number of anilines is 1. The molecule has 3 N–H and O–H groups in total. The van der Waals surface area contributed by atoms with E-state index in [0.29, 0.717) is 5.92 Å². The van der Waals surface area contributed by atoms with E-state index < -0.39 is 0 Å². The van der Waals surface area contributed by atoms with Gasteiger partial charge in [0.25, 0.3) is 0 Å². The Morgan fingerprint density at radius 1 is 1.00 bits per heavy atom. The molecule has 2 nitrogen and oxygen atoms in total. The highest BCUT2D eigenvalue weighted by Crippen LogP contribution is 2.27. The molecule has 0 saturated carbocycles. The van der Waals surface area contributed by atoms with Crippen molar-refractivity contribution in [3.63, 3.8) is 0 Å². The Morgan fingerprint density at radius 2 is 1.61 bits per heavy atom. The summed E-state index contributed by atoms with van der Waals surface area (Å²) in [7, 11) is 0. The number of hydrogen-bond donors (Lipinski definition) is 2. The van der Waals surface area contributed by atoms with Crippen LogP contribution in [-0.4, -0.2) is 6.54 Å². The van der Waals surface area contributed by atoms with Crippen LogP contribution in [0.1, 0.15) is 48.1 Å². The SMILES string of the molecule is Cc1cc(C)c([C@@H](N)C[C@@H](C)CCNc2ccccc2)c(C)c1. The van der Waals surface area contributed by atoms with Crippen LogP contribution < -0.4 is 11.1 Å². The number of hydrogen-bond acceptors (Lipinski definition) is 2. The number of aryl methyl sites for hydroxylation is 3. The summed E-state index contributed by atoms with van der Waals surface area (Å²) in [6.07, 6.45) is 2.16. The Kier molecular flexibility index (Phi) is 6.23. The van der Waals surface area contributed by atoms with E-state index >= 15 is 0 Å². The number of nitrogens with one attached hydrogen (secondary N) is 1. The molecule has 2 aromatic rings. The predicted molar refractivity (Wildman–Crippen MR) is 101 cm³/mol. The van der Waals surface area contributed by atoms with E-state index in [1.54, 1.807) is 0 Å². The molecule has 2 rings (SSSR count). The molecular formula is C21H30N2. The maximum absolute atomic E-state index is 6.51. The van der Waals surface area contributed by atoms with Gasteiger partial charge in [-0.15, -0.1) is 0 Å². The topological polar surface area (TPSA) is 38.0 Å². The molecule has 0 heterocycles. The second-order valence-corrected chi connectivity index (χ2v) is 6.84. The molecule has 0 fully saturated rings. The minimum absolute atomic E-state index is 0.127. The van der Waals surface area contributed by atoms with E-state index in [9.17, 15) is 0 Å². The largest absolute Gasteiger partial charge is 0.385 e. The number of benzene rings is 2. The smallest absolute Gasteiger partial charge is 0.0340 e. The van der Waals surface area contributed by atoms with Crippen molar-refractivity contribution >= 4 is 5.69 Å². The van der Waals surface area contributed by atoms with Crippen molar-refractivity contribution in [2.24, 2.45) is 11.7 Å². The molecule has 0 aliphatic carbocycles. The fourth-order valence-corrected chi connectivity index (χ4v) is 3.46. The van der Waals surface area contributed by atoms with E-state index in [2.05, 4.69) is 69.4 Å². The summed E-state index contributed by atoms with van der Waals surface area (Å²) >= 11 is 0. The fraction of sp³-hybridized carbons (Fsp3) is 0.429. The molecule has 124 valence electrons. The third-order valence-electron chi connectivity index (χ3n) is 4.51. The van der Waals surface area contributed by atoms with Crippen LogP contribution in [0.25, 0.3) is 0 Å². The summed E-state index contributed by atoms with van der Waals surface area (Å²) in [6, 6.07) is 15.0. The summed E-state index contributed by atoms with van der Waals surface area (Å²) in [5.41, 5.74) is 13.0. The molecule has 0 bridgehead atoms. The van der Waals surface area contributed by atoms with Gasteiger partial charge in [0.05, 0.1) is 0 Å². The first kappa shape index (κ1) is 17.6. The van der Waals surface area contributed by atoms with Gasteiger partial charge in [-0.25, -0.2) is 0 Å². The van der Waals surface area contributed by atoms with Crippen molar-refractivity contribution in [2.45, 2.75) is 46.6 Å². The van der Waals surface area contributed by atoms with Gasteiger partial charge in [0.15, 0.2) is 0 Å². The Balaban J connectivity index is 1.86. The van der Waals surface area contributed by atoms with Gasteiger partial charge in [0, 0.05) is 18.3 Å². The van der Waals surface area contributed by atoms with Gasteiger partial charge in [-0.1, -0.05) is 42.8 Å². The molecule has 0 spiro atoms. The third kappa shape index (κ3) is 5.11. The molecule has 0 saturated heterocycles. The van der Waals surface area contributed by atoms with Gasteiger partial charge in [0.2, 0.25) is 0 Å². The Morgan fingerprint density at radius 3 is 2.22 bits per heavy atom. The van der Waals surface area contributed by atoms with Crippen LogP contribution in [0.4, 0.5) is 5.69 Å². The monoisotopic (exact) mass is 310 g/mol. The number of para-hydroxylation sites is 1. The molecule has 0 amide bonds. The van der Waals surface area contributed by atoms with E-state index in [1.165, 1.54) is 27.9 Å². The zero-order valence-corrected chi connectivity index (χ0v) is 14.9. The first-order valence-corrected chi connectivity index (χ1v) is 8.59. The molecule has 0 radical (unpaired) electrons. The second-order valence-electron chi connectivity index (χ2n) is 6.84. The summed E-state index contributed by atoms with van der Waals surface area (Å²) < 4.78 is 0. The first-order valence-electron chi connectivity index (χ1n) is 8.59. The summed E-state index contributed by atoms with van der Waals surface area (Å²) in [5, 5.41) is 3.48. The molecule has 0 aromatic heterocycles. The Labute approximate surface area is 141 Å². The van der Waals surface area contributed by atoms with Crippen LogP contribution >= 0.6 is 0 Å². The molecule has 0 unspecified atom stereocenters. The highest BCUT2D eigenvalue weighted by atomic mass is 14.9. The number of nitrogens with two attached hydrogens (primary N) is 1. The van der Waals surface area contributed by atoms with E-state index in [1.807, 2.05) is 6.07 Å². The molecule has 2 aromatic carbocycles. The average molecular weight is 310 g/mol. The standard InChI is InChI=1S/C21H30N2/c1-15(10-11-23-19-8-6-5-7-9-19)14-20(22)21-17(3)12-16(2)13-18(21)4/h5-9,12-13,15,20,23H,10-11,14,22H2,1-4H3/t15-,20-/m0/s1. The van der Waals surface area contributed by atoms with Gasteiger partial charge in [0.1, 0.15) is 0 Å². The zero-order valence-electron chi connectivity index (χ0n) is 14.9. The minimum atomic E-state index is 0.127. The van der Waals surface area contributed by atoms with E-state index in [0.717, 1.165) is 19.4 Å². The lowest BCUT2D eigenvalue weighted by atomic mass is 9.88. The average Bonchev–Trinajstić information content (AvgIpc) is 2.47. The molecule has 0 aliphatic rings. The van der Waals surface area contributed by atoms with E-state index in [4.69, 9.17) is 5.73 Å². The summed E-state index contributed by atoms with van der Waals surface area (Å²) in [5.74, 6) is 0.598. The zero-order chi connectivity index (χ0) is 16.8. The van der Waals surface area contributed by atoms with Crippen LogP contribution in [-0.2, 0) is 0 Å². The highest BCUT2D eigenvalue weighted by molar-refractivity contribution is 5.42. The van der Waals surface area contributed by atoms with Gasteiger partial charge >= 0.3 is 0 Å². The second kappa shape index (κ2) is 8.16. The Hall–Kier alpha value is -1.80. The quantitative estimate of drug-likeness (QED) is 0.743. The van der Waals surface area contributed by atoms with Gasteiger partial charge in [-0.05, 0) is 68.4 Å². The molecule has 2 atom stereocenters.